The second-order valence-corrected chi connectivity index (χ2v) is 5.44. The predicted molar refractivity (Wildman–Crippen MR) is 71.0 cm³/mol. The Bertz CT molecular complexity index is 348. The number of halogens is 1. The highest BCUT2D eigenvalue weighted by Crippen LogP contribution is 2.35. The molecule has 16 heavy (non-hydrogen) atoms. The second-order valence-electron chi connectivity index (χ2n) is 5.03. The SMILES string of the molecule is C[C@H]1C[C@H](C)CN(c2c(N)cccc2Cl)C1. The summed E-state index contributed by atoms with van der Waals surface area (Å²) in [7, 11) is 0. The Kier molecular flexibility index (Phi) is 3.29. The minimum atomic E-state index is 0.708. The zero-order chi connectivity index (χ0) is 11.7. The molecule has 0 bridgehead atoms. The van der Waals surface area contributed by atoms with Crippen LogP contribution in [0.5, 0.6) is 0 Å². The molecule has 1 aromatic rings. The van der Waals surface area contributed by atoms with E-state index in [0.29, 0.717) is 11.8 Å². The lowest BCUT2D eigenvalue weighted by molar-refractivity contribution is 0.357. The van der Waals surface area contributed by atoms with Crippen LogP contribution in [0.15, 0.2) is 18.2 Å². The van der Waals surface area contributed by atoms with Crippen LogP contribution in [0.3, 0.4) is 0 Å². The molecule has 1 aliphatic heterocycles. The van der Waals surface area contributed by atoms with Gasteiger partial charge in [0.15, 0.2) is 0 Å². The van der Waals surface area contributed by atoms with Crippen LogP contribution in [0.2, 0.25) is 5.02 Å². The van der Waals surface area contributed by atoms with Crippen LogP contribution in [-0.2, 0) is 0 Å². The van der Waals surface area contributed by atoms with Crippen molar-refractivity contribution in [2.45, 2.75) is 20.3 Å². The number of hydrogen-bond acceptors (Lipinski definition) is 2. The average Bonchev–Trinajstić information content (AvgIpc) is 2.15. The quantitative estimate of drug-likeness (QED) is 0.760. The van der Waals surface area contributed by atoms with Gasteiger partial charge in [0.05, 0.1) is 16.4 Å². The smallest absolute Gasteiger partial charge is 0.0789 e. The first-order valence-corrected chi connectivity index (χ1v) is 6.24. The maximum Gasteiger partial charge on any atom is 0.0789 e. The molecule has 1 aromatic carbocycles. The summed E-state index contributed by atoms with van der Waals surface area (Å²) in [5.41, 5.74) is 7.82. The summed E-state index contributed by atoms with van der Waals surface area (Å²) in [4.78, 5) is 2.33. The predicted octanol–water partition coefficient (Wildman–Crippen LogP) is 3.40. The topological polar surface area (TPSA) is 29.3 Å². The van der Waals surface area contributed by atoms with Crippen molar-refractivity contribution in [1.82, 2.24) is 0 Å². The number of nitrogens with zero attached hydrogens (tertiary/aromatic N) is 1. The molecular formula is C13H19ClN2. The van der Waals surface area contributed by atoms with Gasteiger partial charge in [0.1, 0.15) is 0 Å². The van der Waals surface area contributed by atoms with E-state index in [-0.39, 0.29) is 0 Å². The molecule has 88 valence electrons. The van der Waals surface area contributed by atoms with Gasteiger partial charge in [-0.25, -0.2) is 0 Å². The molecule has 2 atom stereocenters. The van der Waals surface area contributed by atoms with Crippen molar-refractivity contribution < 1.29 is 0 Å². The molecule has 0 saturated carbocycles. The largest absolute Gasteiger partial charge is 0.397 e. The van der Waals surface area contributed by atoms with Crippen LogP contribution in [0.25, 0.3) is 0 Å². The van der Waals surface area contributed by atoms with Crippen molar-refractivity contribution in [3.8, 4) is 0 Å². The Morgan fingerprint density at radius 1 is 1.25 bits per heavy atom. The first-order valence-electron chi connectivity index (χ1n) is 5.87. The molecule has 1 fully saturated rings. The highest BCUT2D eigenvalue weighted by atomic mass is 35.5. The Morgan fingerprint density at radius 2 is 1.88 bits per heavy atom. The Labute approximate surface area is 102 Å². The zero-order valence-electron chi connectivity index (χ0n) is 9.91. The van der Waals surface area contributed by atoms with Crippen molar-refractivity contribution in [2.75, 3.05) is 23.7 Å². The van der Waals surface area contributed by atoms with Crippen LogP contribution >= 0.6 is 11.6 Å². The summed E-state index contributed by atoms with van der Waals surface area (Å²) in [6.45, 7) is 6.68. The number of nitrogen functional groups attached to an aromatic ring is 1. The minimum absolute atomic E-state index is 0.708. The lowest BCUT2D eigenvalue weighted by atomic mass is 9.91. The molecule has 0 amide bonds. The summed E-state index contributed by atoms with van der Waals surface area (Å²) in [6.07, 6.45) is 1.29. The van der Waals surface area contributed by atoms with Crippen LogP contribution in [-0.4, -0.2) is 13.1 Å². The van der Waals surface area contributed by atoms with Crippen LogP contribution < -0.4 is 10.6 Å². The van der Waals surface area contributed by atoms with Crippen LogP contribution in [0.4, 0.5) is 11.4 Å². The van der Waals surface area contributed by atoms with E-state index in [0.717, 1.165) is 29.5 Å². The second kappa shape index (κ2) is 4.54. The molecule has 2 rings (SSSR count). The molecule has 1 heterocycles. The molecule has 0 aromatic heterocycles. The van der Waals surface area contributed by atoms with E-state index >= 15 is 0 Å². The molecule has 2 nitrogen and oxygen atoms in total. The summed E-state index contributed by atoms with van der Waals surface area (Å²) < 4.78 is 0. The van der Waals surface area contributed by atoms with Crippen molar-refractivity contribution in [3.63, 3.8) is 0 Å². The minimum Gasteiger partial charge on any atom is -0.397 e. The number of benzene rings is 1. The van der Waals surface area contributed by atoms with Crippen molar-refractivity contribution in [3.05, 3.63) is 23.2 Å². The summed E-state index contributed by atoms with van der Waals surface area (Å²) in [5.74, 6) is 1.42. The summed E-state index contributed by atoms with van der Waals surface area (Å²) in [6, 6.07) is 5.74. The van der Waals surface area contributed by atoms with Gasteiger partial charge in [-0.3, -0.25) is 0 Å². The van der Waals surface area contributed by atoms with Gasteiger partial charge < -0.3 is 10.6 Å². The standard InChI is InChI=1S/C13H19ClN2/c1-9-6-10(2)8-16(7-9)13-11(14)4-3-5-12(13)15/h3-5,9-10H,6-8,15H2,1-2H3/t9-,10-/m0/s1. The van der Waals surface area contributed by atoms with E-state index in [1.165, 1.54) is 6.42 Å². The van der Waals surface area contributed by atoms with E-state index in [9.17, 15) is 0 Å². The molecule has 1 saturated heterocycles. The van der Waals surface area contributed by atoms with Gasteiger partial charge in [0.2, 0.25) is 0 Å². The first-order chi connectivity index (χ1) is 7.58. The number of nitrogens with two attached hydrogens (primary N) is 1. The molecule has 1 aliphatic rings. The fourth-order valence-electron chi connectivity index (χ4n) is 2.71. The lowest BCUT2D eigenvalue weighted by Crippen LogP contribution is -2.39. The Morgan fingerprint density at radius 3 is 2.44 bits per heavy atom. The van der Waals surface area contributed by atoms with Gasteiger partial charge in [0, 0.05) is 13.1 Å². The summed E-state index contributed by atoms with van der Waals surface area (Å²) >= 11 is 6.24. The van der Waals surface area contributed by atoms with Crippen molar-refractivity contribution in [2.24, 2.45) is 11.8 Å². The number of hydrogen-bond donors (Lipinski definition) is 1. The molecule has 2 N–H and O–H groups in total. The van der Waals surface area contributed by atoms with Gasteiger partial charge in [-0.1, -0.05) is 31.5 Å². The lowest BCUT2D eigenvalue weighted by Gasteiger charge is -2.37. The number of anilines is 2. The molecule has 0 spiro atoms. The van der Waals surface area contributed by atoms with Gasteiger partial charge in [0.25, 0.3) is 0 Å². The van der Waals surface area contributed by atoms with E-state index in [4.69, 9.17) is 17.3 Å². The van der Waals surface area contributed by atoms with Crippen molar-refractivity contribution >= 4 is 23.0 Å². The fraction of sp³-hybridized carbons (Fsp3) is 0.538. The number of rotatable bonds is 1. The Balaban J connectivity index is 2.29. The monoisotopic (exact) mass is 238 g/mol. The molecule has 0 radical (unpaired) electrons. The number of para-hydroxylation sites is 1. The van der Waals surface area contributed by atoms with Crippen LogP contribution in [0.1, 0.15) is 20.3 Å². The highest BCUT2D eigenvalue weighted by Gasteiger charge is 2.24. The van der Waals surface area contributed by atoms with E-state index in [1.54, 1.807) is 0 Å². The van der Waals surface area contributed by atoms with Crippen molar-refractivity contribution in [1.29, 1.82) is 0 Å². The molecule has 3 heteroatoms. The van der Waals surface area contributed by atoms with E-state index in [1.807, 2.05) is 18.2 Å². The van der Waals surface area contributed by atoms with Gasteiger partial charge in [-0.15, -0.1) is 0 Å². The van der Waals surface area contributed by atoms with Crippen LogP contribution in [0, 0.1) is 11.8 Å². The van der Waals surface area contributed by atoms with E-state index < -0.39 is 0 Å². The third-order valence-corrected chi connectivity index (χ3v) is 3.51. The number of piperidine rings is 1. The zero-order valence-corrected chi connectivity index (χ0v) is 10.7. The summed E-state index contributed by atoms with van der Waals surface area (Å²) in [5, 5.41) is 0.765. The first kappa shape index (κ1) is 11.6. The maximum absolute atomic E-state index is 6.24. The Hall–Kier alpha value is -0.890. The van der Waals surface area contributed by atoms with E-state index in [2.05, 4.69) is 18.7 Å². The maximum atomic E-state index is 6.24. The fourth-order valence-corrected chi connectivity index (χ4v) is 3.01. The highest BCUT2D eigenvalue weighted by molar-refractivity contribution is 6.34. The van der Waals surface area contributed by atoms with Gasteiger partial charge >= 0.3 is 0 Å². The average molecular weight is 239 g/mol. The molecule has 0 aliphatic carbocycles. The normalized spacial score (nSPS) is 25.8. The van der Waals surface area contributed by atoms with Gasteiger partial charge in [-0.2, -0.15) is 0 Å². The third-order valence-electron chi connectivity index (χ3n) is 3.20. The molecular weight excluding hydrogens is 220 g/mol. The van der Waals surface area contributed by atoms with Gasteiger partial charge in [-0.05, 0) is 30.4 Å². The molecule has 0 unspecified atom stereocenters. The third kappa shape index (κ3) is 2.27.